The van der Waals surface area contributed by atoms with Crippen molar-refractivity contribution in [2.45, 2.75) is 49.2 Å². The van der Waals surface area contributed by atoms with Crippen LogP contribution in [0.25, 0.3) is 0 Å². The third-order valence-corrected chi connectivity index (χ3v) is 7.72. The van der Waals surface area contributed by atoms with Crippen molar-refractivity contribution < 1.29 is 23.0 Å². The van der Waals surface area contributed by atoms with E-state index in [2.05, 4.69) is 21.2 Å². The number of hydrogen-bond donors (Lipinski definition) is 1. The summed E-state index contributed by atoms with van der Waals surface area (Å²) in [6, 6.07) is 8.26. The zero-order valence-electron chi connectivity index (χ0n) is 17.3. The molecule has 1 N–H and O–H groups in total. The third kappa shape index (κ3) is 4.75. The fourth-order valence-electron chi connectivity index (χ4n) is 3.43. The van der Waals surface area contributed by atoms with Crippen LogP contribution >= 0.6 is 15.9 Å². The van der Waals surface area contributed by atoms with Crippen LogP contribution in [0.15, 0.2) is 41.6 Å². The lowest BCUT2D eigenvalue weighted by atomic mass is 10.0. The first-order chi connectivity index (χ1) is 14.0. The highest BCUT2D eigenvalue weighted by atomic mass is 79.9. The molecule has 2 aliphatic heterocycles. The van der Waals surface area contributed by atoms with Crippen molar-refractivity contribution in [3.63, 3.8) is 0 Å². The fraction of sp³-hybridized carbons (Fsp3) is 0.450. The normalized spacial score (nSPS) is 24.6. The van der Waals surface area contributed by atoms with E-state index in [9.17, 15) is 18.6 Å². The minimum atomic E-state index is -2.20. The van der Waals surface area contributed by atoms with Crippen LogP contribution in [0.5, 0.6) is 0 Å². The molecule has 0 bridgehead atoms. The van der Waals surface area contributed by atoms with E-state index in [0.717, 1.165) is 5.56 Å². The highest BCUT2D eigenvalue weighted by Gasteiger charge is 2.57. The van der Waals surface area contributed by atoms with Crippen molar-refractivity contribution in [1.82, 2.24) is 10.2 Å². The second-order valence-electron chi connectivity index (χ2n) is 8.32. The van der Waals surface area contributed by atoms with Gasteiger partial charge >= 0.3 is 5.97 Å². The molecule has 162 valence electrons. The van der Waals surface area contributed by atoms with Crippen LogP contribution in [0, 0.1) is 0 Å². The van der Waals surface area contributed by atoms with E-state index < -0.39 is 42.4 Å². The Kier molecular flexibility index (Phi) is 6.68. The lowest BCUT2D eigenvalue weighted by Crippen LogP contribution is -2.74. The smallest absolute Gasteiger partial charge is 0.341 e. The number of nitrogens with one attached hydrogen (secondary N) is 1. The van der Waals surface area contributed by atoms with Crippen LogP contribution in [-0.2, 0) is 36.0 Å². The van der Waals surface area contributed by atoms with Crippen molar-refractivity contribution in [3.8, 4) is 0 Å². The number of benzene rings is 1. The Morgan fingerprint density at radius 3 is 2.50 bits per heavy atom. The Bertz CT molecular complexity index is 929. The van der Waals surface area contributed by atoms with Crippen molar-refractivity contribution in [1.29, 1.82) is 0 Å². The molecule has 4 atom stereocenters. The summed E-state index contributed by atoms with van der Waals surface area (Å²) < 4.78 is 18.5. The summed E-state index contributed by atoms with van der Waals surface area (Å²) in [7, 11) is -3.65. The van der Waals surface area contributed by atoms with Gasteiger partial charge in [0, 0.05) is 4.83 Å². The van der Waals surface area contributed by atoms with Crippen molar-refractivity contribution in [2.24, 2.45) is 0 Å². The number of alkyl halides is 1. The molecule has 1 aromatic rings. The van der Waals surface area contributed by atoms with Gasteiger partial charge in [0.15, 0.2) is 0 Å². The number of carbonyl (C=O) groups is 3. The largest absolute Gasteiger partial charge is 0.515 e. The van der Waals surface area contributed by atoms with Gasteiger partial charge in [0.25, 0.3) is 5.91 Å². The van der Waals surface area contributed by atoms with Crippen LogP contribution in [0.3, 0.4) is 0 Å². The molecule has 1 saturated heterocycles. The maximum Gasteiger partial charge on any atom is 0.341 e. The highest BCUT2D eigenvalue weighted by molar-refractivity contribution is 9.09. The summed E-state index contributed by atoms with van der Waals surface area (Å²) >= 11 is 3.44. The molecular weight excluding hydrogens is 488 g/mol. The van der Waals surface area contributed by atoms with E-state index in [1.54, 1.807) is 0 Å². The van der Waals surface area contributed by atoms with Crippen LogP contribution in [0.1, 0.15) is 12.5 Å². The standard InChI is InChI=1S/C20H25BrN2O5SSi/c1-12(21)14-11-29(27)19-16(22-15(24)10-13-8-6-5-7-9-13)18(25)23(19)17(14)20(26)28-30(2,3)4/h5-9,12,16,19H,10-11H2,1-4H3,(H,22,24)/t12?,16?,19-,29?/m1/s1. The molecule has 10 heteroatoms. The van der Waals surface area contributed by atoms with Crippen molar-refractivity contribution in [2.75, 3.05) is 5.75 Å². The number of nitrogens with zero attached hydrogens (tertiary/aromatic N) is 1. The lowest BCUT2D eigenvalue weighted by molar-refractivity contribution is -0.150. The summed E-state index contributed by atoms with van der Waals surface area (Å²) in [6.07, 6.45) is 0.119. The van der Waals surface area contributed by atoms with Crippen LogP contribution in [-0.4, -0.2) is 57.2 Å². The Morgan fingerprint density at radius 2 is 1.93 bits per heavy atom. The molecule has 0 radical (unpaired) electrons. The second kappa shape index (κ2) is 8.76. The van der Waals surface area contributed by atoms with Gasteiger partial charge in [0.05, 0.1) is 23.0 Å². The molecule has 3 rings (SSSR count). The molecule has 0 aliphatic carbocycles. The first kappa shape index (κ1) is 22.9. The number of β-lactam (4-membered cyclic amide) rings is 1. The molecule has 2 amide bonds. The first-order valence-corrected chi connectivity index (χ1v) is 15.3. The molecule has 1 aromatic carbocycles. The monoisotopic (exact) mass is 512 g/mol. The van der Waals surface area contributed by atoms with Gasteiger partial charge in [-0.25, -0.2) is 4.79 Å². The maximum absolute atomic E-state index is 12.9. The van der Waals surface area contributed by atoms with Gasteiger partial charge in [0.1, 0.15) is 17.1 Å². The van der Waals surface area contributed by atoms with Gasteiger partial charge in [-0.1, -0.05) is 46.3 Å². The average molecular weight is 513 g/mol. The predicted molar refractivity (Wildman–Crippen MR) is 121 cm³/mol. The Hall–Kier alpha value is -1.78. The summed E-state index contributed by atoms with van der Waals surface area (Å²) in [6.45, 7) is 7.46. The Balaban J connectivity index is 1.82. The van der Waals surface area contributed by atoms with E-state index in [0.29, 0.717) is 5.57 Å². The first-order valence-electron chi connectivity index (χ1n) is 9.63. The van der Waals surface area contributed by atoms with E-state index >= 15 is 0 Å². The third-order valence-electron chi connectivity index (χ3n) is 4.75. The van der Waals surface area contributed by atoms with E-state index in [-0.39, 0.29) is 28.6 Å². The molecule has 2 aliphatic rings. The molecule has 7 nitrogen and oxygen atoms in total. The van der Waals surface area contributed by atoms with Crippen LogP contribution in [0.2, 0.25) is 19.6 Å². The van der Waals surface area contributed by atoms with Gasteiger partial charge < -0.3 is 9.74 Å². The van der Waals surface area contributed by atoms with Crippen LogP contribution in [0.4, 0.5) is 0 Å². The molecule has 2 heterocycles. The summed E-state index contributed by atoms with van der Waals surface area (Å²) in [5.74, 6) is -1.20. The quantitative estimate of drug-likeness (QED) is 0.357. The number of fused-ring (bicyclic) bond motifs is 1. The van der Waals surface area contributed by atoms with Gasteiger partial charge in [-0.2, -0.15) is 0 Å². The SMILES string of the molecule is CC(Br)C1=C(C(=O)O[Si](C)(C)C)N2C(=O)C(NC(=O)Cc3ccccc3)[C@H]2S(=O)C1. The van der Waals surface area contributed by atoms with Gasteiger partial charge in [-0.15, -0.1) is 0 Å². The van der Waals surface area contributed by atoms with E-state index in [1.165, 1.54) is 4.90 Å². The molecule has 30 heavy (non-hydrogen) atoms. The van der Waals surface area contributed by atoms with Crippen LogP contribution < -0.4 is 5.32 Å². The number of hydrogen-bond acceptors (Lipinski definition) is 5. The van der Waals surface area contributed by atoms with Gasteiger partial charge in [0.2, 0.25) is 14.2 Å². The Morgan fingerprint density at radius 1 is 1.30 bits per heavy atom. The summed E-state index contributed by atoms with van der Waals surface area (Å²) in [5.41, 5.74) is 1.55. The minimum Gasteiger partial charge on any atom is -0.515 e. The Labute approximate surface area is 187 Å². The van der Waals surface area contributed by atoms with E-state index in [1.807, 2.05) is 56.9 Å². The number of carbonyl (C=O) groups excluding carboxylic acids is 3. The lowest BCUT2D eigenvalue weighted by Gasteiger charge is -2.50. The topological polar surface area (TPSA) is 92.8 Å². The van der Waals surface area contributed by atoms with E-state index in [4.69, 9.17) is 4.43 Å². The number of amides is 2. The summed E-state index contributed by atoms with van der Waals surface area (Å²) in [4.78, 5) is 39.2. The fourth-order valence-corrected chi connectivity index (χ4v) is 6.47. The summed E-state index contributed by atoms with van der Waals surface area (Å²) in [5, 5.41) is 1.93. The van der Waals surface area contributed by atoms with Gasteiger partial charge in [-0.05, 0) is 37.7 Å². The van der Waals surface area contributed by atoms with Crippen molar-refractivity contribution in [3.05, 3.63) is 47.2 Å². The molecule has 3 unspecified atom stereocenters. The maximum atomic E-state index is 12.9. The number of rotatable bonds is 6. The highest BCUT2D eigenvalue weighted by Crippen LogP contribution is 2.38. The molecule has 1 fully saturated rings. The zero-order chi connectivity index (χ0) is 22.2. The zero-order valence-corrected chi connectivity index (χ0v) is 20.7. The number of halogens is 1. The average Bonchev–Trinajstić information content (AvgIpc) is 2.64. The second-order valence-corrected chi connectivity index (χ2v) is 15.7. The molecule has 0 aromatic heterocycles. The molecule has 0 saturated carbocycles. The van der Waals surface area contributed by atoms with Crippen molar-refractivity contribution >= 4 is 52.8 Å². The molecular formula is C20H25BrN2O5SSi. The minimum absolute atomic E-state index is 0.119. The van der Waals surface area contributed by atoms with Gasteiger partial charge in [-0.3, -0.25) is 18.7 Å². The molecule has 0 spiro atoms. The predicted octanol–water partition coefficient (Wildman–Crippen LogP) is 2.06.